The molecule has 2 heterocycles. The molecule has 0 bridgehead atoms. The van der Waals surface area contributed by atoms with Crippen LogP contribution in [0.25, 0.3) is 0 Å². The standard InChI is InChI=1S/C23H19ClF2N2O4/c24-16-5-3-15(4-6-16)23(25,26)19(29)9-2-13-1-7-17-14(11-13)12-28(22(17)32)18-8-10-20(30)27-21(18)31/h1,3-7,11,18H,2,8-10,12H2,(H,27,30,31)/t18-/m0/s1/i2D,18D/t2?,18-. The second kappa shape index (κ2) is 8.43. The summed E-state index contributed by atoms with van der Waals surface area (Å²) < 4.78 is 45.9. The molecule has 2 aromatic carbocycles. The predicted octanol–water partition coefficient (Wildman–Crippen LogP) is 3.39. The highest BCUT2D eigenvalue weighted by molar-refractivity contribution is 6.30. The summed E-state index contributed by atoms with van der Waals surface area (Å²) >= 11 is 5.71. The molecule has 0 spiro atoms. The Bertz CT molecular complexity index is 1210. The fourth-order valence-electron chi connectivity index (χ4n) is 3.71. The minimum atomic E-state index is -3.79. The number of alkyl halides is 2. The molecule has 2 aliphatic rings. The molecule has 0 radical (unpaired) electrons. The summed E-state index contributed by atoms with van der Waals surface area (Å²) in [5.41, 5.74) is 0.350. The summed E-state index contributed by atoms with van der Waals surface area (Å²) in [5.74, 6) is -7.21. The topological polar surface area (TPSA) is 83.6 Å². The monoisotopic (exact) mass is 462 g/mol. The van der Waals surface area contributed by atoms with E-state index in [1.54, 1.807) is 0 Å². The Morgan fingerprint density at radius 3 is 2.62 bits per heavy atom. The molecule has 3 amide bonds. The number of fused-ring (bicyclic) bond motifs is 1. The number of rotatable bonds is 6. The molecule has 9 heteroatoms. The number of nitrogens with zero attached hydrogens (tertiary/aromatic N) is 1. The first-order valence-corrected chi connectivity index (χ1v) is 10.2. The molecule has 1 fully saturated rings. The van der Waals surface area contributed by atoms with Crippen molar-refractivity contribution in [2.45, 2.75) is 44.1 Å². The zero-order valence-electron chi connectivity index (χ0n) is 18.7. The first-order chi connectivity index (χ1) is 15.9. The van der Waals surface area contributed by atoms with E-state index >= 15 is 0 Å². The molecule has 1 unspecified atom stereocenters. The van der Waals surface area contributed by atoms with Crippen molar-refractivity contribution >= 4 is 35.1 Å². The van der Waals surface area contributed by atoms with Crippen LogP contribution in [0.5, 0.6) is 0 Å². The fourth-order valence-corrected chi connectivity index (χ4v) is 3.83. The van der Waals surface area contributed by atoms with Crippen LogP contribution in [0.4, 0.5) is 8.78 Å². The molecule has 0 aliphatic carbocycles. The van der Waals surface area contributed by atoms with Gasteiger partial charge in [-0.25, -0.2) is 0 Å². The van der Waals surface area contributed by atoms with Crippen molar-refractivity contribution in [2.24, 2.45) is 0 Å². The molecular weight excluding hydrogens is 442 g/mol. The zero-order chi connectivity index (χ0) is 24.8. The summed E-state index contributed by atoms with van der Waals surface area (Å²) in [5, 5.41) is 2.32. The van der Waals surface area contributed by atoms with Crippen LogP contribution in [0.15, 0.2) is 42.5 Å². The van der Waals surface area contributed by atoms with Crippen molar-refractivity contribution in [1.82, 2.24) is 10.2 Å². The smallest absolute Gasteiger partial charge is 0.322 e. The Balaban J connectivity index is 1.51. The summed E-state index contributed by atoms with van der Waals surface area (Å²) in [6.45, 7) is -0.116. The van der Waals surface area contributed by atoms with E-state index < -0.39 is 53.8 Å². The number of carbonyl (C=O) groups is 4. The van der Waals surface area contributed by atoms with Gasteiger partial charge in [-0.2, -0.15) is 8.78 Å². The van der Waals surface area contributed by atoms with Gasteiger partial charge in [0, 0.05) is 36.9 Å². The second-order valence-corrected chi connectivity index (χ2v) is 7.98. The molecule has 4 rings (SSSR count). The van der Waals surface area contributed by atoms with Gasteiger partial charge in [0.1, 0.15) is 6.02 Å². The maximum absolute atomic E-state index is 14.6. The number of halogens is 3. The minimum absolute atomic E-state index is 0.0840. The molecule has 0 aromatic heterocycles. The van der Waals surface area contributed by atoms with Crippen LogP contribution < -0.4 is 5.32 Å². The quantitative estimate of drug-likeness (QED) is 0.667. The number of Topliss-reactive ketones (excluding diaryl/α,β-unsaturated/α-hetero) is 1. The van der Waals surface area contributed by atoms with Gasteiger partial charge in [-0.15, -0.1) is 0 Å². The molecule has 2 aromatic rings. The van der Waals surface area contributed by atoms with Gasteiger partial charge in [-0.3, -0.25) is 24.5 Å². The number of hydrogen-bond acceptors (Lipinski definition) is 4. The third-order valence-electron chi connectivity index (χ3n) is 5.44. The second-order valence-electron chi connectivity index (χ2n) is 7.54. The summed E-state index contributed by atoms with van der Waals surface area (Å²) in [7, 11) is 0. The van der Waals surface area contributed by atoms with Gasteiger partial charge in [-0.1, -0.05) is 35.9 Å². The van der Waals surface area contributed by atoms with Crippen molar-refractivity contribution in [1.29, 1.82) is 0 Å². The van der Waals surface area contributed by atoms with Crippen molar-refractivity contribution in [3.8, 4) is 0 Å². The average Bonchev–Trinajstić information content (AvgIpc) is 3.13. The van der Waals surface area contributed by atoms with Crippen LogP contribution in [0.1, 0.15) is 49.1 Å². The molecule has 166 valence electrons. The van der Waals surface area contributed by atoms with Crippen molar-refractivity contribution < 1.29 is 30.7 Å². The fraction of sp³-hybridized carbons (Fsp3) is 0.304. The third kappa shape index (κ3) is 4.14. The predicted molar refractivity (Wildman–Crippen MR) is 111 cm³/mol. The van der Waals surface area contributed by atoms with E-state index in [4.69, 9.17) is 14.3 Å². The van der Waals surface area contributed by atoms with E-state index in [0.29, 0.717) is 5.56 Å². The highest BCUT2D eigenvalue weighted by Crippen LogP contribution is 2.32. The Kier molecular flexibility index (Phi) is 5.15. The Hall–Kier alpha value is -3.13. The molecule has 1 N–H and O–H groups in total. The summed E-state index contributed by atoms with van der Waals surface area (Å²) in [6, 6.07) is 6.90. The largest absolute Gasteiger partial charge is 0.330 e. The van der Waals surface area contributed by atoms with Gasteiger partial charge in [0.05, 0.1) is 1.37 Å². The Morgan fingerprint density at radius 2 is 1.94 bits per heavy atom. The number of benzene rings is 2. The van der Waals surface area contributed by atoms with Gasteiger partial charge < -0.3 is 4.90 Å². The third-order valence-corrected chi connectivity index (χ3v) is 5.70. The molecule has 1 saturated heterocycles. The normalized spacial score (nSPS) is 22.7. The lowest BCUT2D eigenvalue weighted by Gasteiger charge is -2.29. The lowest BCUT2D eigenvalue weighted by Crippen LogP contribution is -2.52. The number of carbonyl (C=O) groups excluding carboxylic acids is 4. The lowest BCUT2D eigenvalue weighted by molar-refractivity contribution is -0.144. The molecule has 32 heavy (non-hydrogen) atoms. The van der Waals surface area contributed by atoms with Crippen LogP contribution in [0.3, 0.4) is 0 Å². The van der Waals surface area contributed by atoms with Gasteiger partial charge >= 0.3 is 5.92 Å². The number of piperidine rings is 1. The van der Waals surface area contributed by atoms with Crippen LogP contribution in [-0.2, 0) is 33.2 Å². The van der Waals surface area contributed by atoms with Crippen LogP contribution in [0, 0.1) is 0 Å². The summed E-state index contributed by atoms with van der Waals surface area (Å²) in [6.07, 6.45) is -2.32. The van der Waals surface area contributed by atoms with Crippen molar-refractivity contribution in [2.75, 3.05) is 0 Å². The average molecular weight is 463 g/mol. The van der Waals surface area contributed by atoms with Gasteiger partial charge in [-0.05, 0) is 42.1 Å². The summed E-state index contributed by atoms with van der Waals surface area (Å²) in [4.78, 5) is 49.9. The Morgan fingerprint density at radius 1 is 1.22 bits per heavy atom. The lowest BCUT2D eigenvalue weighted by atomic mass is 9.97. The SMILES string of the molecule is [2H]C(CC(=O)C(F)(F)c1ccc(Cl)cc1)c1ccc2c(c1)CN([C@@]1([2H])CCC(=O)NC1=O)C2=O. The number of amides is 3. The number of ketones is 1. The number of aryl methyl sites for hydroxylation is 1. The molecule has 2 aliphatic heterocycles. The number of nitrogens with one attached hydrogen (secondary N) is 1. The highest BCUT2D eigenvalue weighted by Gasteiger charge is 2.41. The first-order valence-electron chi connectivity index (χ1n) is 10.9. The number of imide groups is 1. The van der Waals surface area contributed by atoms with E-state index in [9.17, 15) is 28.0 Å². The van der Waals surface area contributed by atoms with Crippen LogP contribution >= 0.6 is 11.6 Å². The molecular formula is C23H19ClF2N2O4. The van der Waals surface area contributed by atoms with Crippen LogP contribution in [0.2, 0.25) is 5.02 Å². The van der Waals surface area contributed by atoms with E-state index in [-0.39, 0.29) is 35.5 Å². The van der Waals surface area contributed by atoms with Crippen molar-refractivity contribution in [3.05, 3.63) is 69.7 Å². The first kappa shape index (κ1) is 19.5. The Labute approximate surface area is 190 Å². The zero-order valence-corrected chi connectivity index (χ0v) is 17.4. The molecule has 0 saturated carbocycles. The van der Waals surface area contributed by atoms with Gasteiger partial charge in [0.25, 0.3) is 5.91 Å². The minimum Gasteiger partial charge on any atom is -0.322 e. The van der Waals surface area contributed by atoms with Gasteiger partial charge in [0.2, 0.25) is 17.6 Å². The van der Waals surface area contributed by atoms with Gasteiger partial charge in [0.15, 0.2) is 0 Å². The number of hydrogen-bond donors (Lipinski definition) is 1. The van der Waals surface area contributed by atoms with Crippen molar-refractivity contribution in [3.63, 3.8) is 0 Å². The van der Waals surface area contributed by atoms with E-state index in [0.717, 1.165) is 17.0 Å². The molecule has 6 nitrogen and oxygen atoms in total. The maximum Gasteiger partial charge on any atom is 0.330 e. The van der Waals surface area contributed by atoms with Crippen LogP contribution in [-0.4, -0.2) is 34.4 Å². The molecule has 2 atom stereocenters. The maximum atomic E-state index is 14.6. The highest BCUT2D eigenvalue weighted by atomic mass is 35.5. The van der Waals surface area contributed by atoms with E-state index in [2.05, 4.69) is 5.32 Å². The van der Waals surface area contributed by atoms with E-state index in [1.807, 2.05) is 0 Å². The van der Waals surface area contributed by atoms with E-state index in [1.165, 1.54) is 30.3 Å².